The minimum atomic E-state index is 0.155. The second kappa shape index (κ2) is 5.83. The van der Waals surface area contributed by atoms with Crippen molar-refractivity contribution in [3.8, 4) is 0 Å². The normalized spacial score (nSPS) is 24.6. The summed E-state index contributed by atoms with van der Waals surface area (Å²) < 4.78 is 5.54. The van der Waals surface area contributed by atoms with E-state index in [1.165, 1.54) is 38.9 Å². The summed E-state index contributed by atoms with van der Waals surface area (Å²) in [5.74, 6) is 1.05. The summed E-state index contributed by atoms with van der Waals surface area (Å²) in [5.41, 5.74) is 0. The summed E-state index contributed by atoms with van der Waals surface area (Å²) in [7, 11) is 0. The van der Waals surface area contributed by atoms with Crippen LogP contribution < -0.4 is 0 Å². The van der Waals surface area contributed by atoms with Gasteiger partial charge < -0.3 is 14.7 Å². The zero-order valence-corrected chi connectivity index (χ0v) is 9.53. The molecule has 0 spiro atoms. The van der Waals surface area contributed by atoms with E-state index in [-0.39, 0.29) is 6.61 Å². The summed E-state index contributed by atoms with van der Waals surface area (Å²) in [6.07, 6.45) is 7.03. The van der Waals surface area contributed by atoms with Crippen LogP contribution in [0.4, 0.5) is 0 Å². The van der Waals surface area contributed by atoms with Crippen LogP contribution in [0.1, 0.15) is 32.1 Å². The largest absolute Gasteiger partial charge is 0.394 e. The number of aliphatic hydroxyl groups is 1. The molecule has 88 valence electrons. The molecule has 0 amide bonds. The van der Waals surface area contributed by atoms with Crippen LogP contribution in [-0.2, 0) is 4.74 Å². The molecule has 0 aromatic rings. The lowest BCUT2D eigenvalue weighted by molar-refractivity contribution is -0.00798. The standard InChI is InChI=1S/C12H23NO2/c14-9-10-15-12-4-7-13(8-5-12)6-3-11-1-2-11/h11-12,14H,1-10H2. The second-order valence-corrected chi connectivity index (χ2v) is 4.87. The van der Waals surface area contributed by atoms with Crippen molar-refractivity contribution < 1.29 is 9.84 Å². The molecule has 3 nitrogen and oxygen atoms in total. The van der Waals surface area contributed by atoms with E-state index < -0.39 is 0 Å². The molecule has 2 fully saturated rings. The maximum Gasteiger partial charge on any atom is 0.0701 e. The van der Waals surface area contributed by atoms with Crippen LogP contribution in [0.5, 0.6) is 0 Å². The fourth-order valence-electron chi connectivity index (χ4n) is 2.29. The van der Waals surface area contributed by atoms with Crippen LogP contribution >= 0.6 is 0 Å². The van der Waals surface area contributed by atoms with Crippen LogP contribution in [0.15, 0.2) is 0 Å². The molecule has 1 aliphatic carbocycles. The molecule has 1 heterocycles. The second-order valence-electron chi connectivity index (χ2n) is 4.87. The van der Waals surface area contributed by atoms with E-state index in [1.54, 1.807) is 0 Å². The van der Waals surface area contributed by atoms with Gasteiger partial charge in [0, 0.05) is 13.1 Å². The average molecular weight is 213 g/mol. The number of hydrogen-bond acceptors (Lipinski definition) is 3. The number of hydrogen-bond donors (Lipinski definition) is 1. The van der Waals surface area contributed by atoms with E-state index in [4.69, 9.17) is 9.84 Å². The number of rotatable bonds is 6. The monoisotopic (exact) mass is 213 g/mol. The van der Waals surface area contributed by atoms with E-state index in [1.807, 2.05) is 0 Å². The van der Waals surface area contributed by atoms with E-state index >= 15 is 0 Å². The first kappa shape index (κ1) is 11.4. The third-order valence-electron chi connectivity index (χ3n) is 3.53. The molecule has 3 heteroatoms. The lowest BCUT2D eigenvalue weighted by Crippen LogP contribution is -2.38. The van der Waals surface area contributed by atoms with Gasteiger partial charge in [0.25, 0.3) is 0 Å². The number of aliphatic hydroxyl groups excluding tert-OH is 1. The number of ether oxygens (including phenoxy) is 1. The number of likely N-dealkylation sites (tertiary alicyclic amines) is 1. The van der Waals surface area contributed by atoms with Gasteiger partial charge in [-0.3, -0.25) is 0 Å². The highest BCUT2D eigenvalue weighted by Gasteiger charge is 2.24. The molecule has 0 radical (unpaired) electrons. The summed E-state index contributed by atoms with van der Waals surface area (Å²) >= 11 is 0. The average Bonchev–Trinajstić information content (AvgIpc) is 3.09. The van der Waals surface area contributed by atoms with Crippen molar-refractivity contribution in [2.45, 2.75) is 38.2 Å². The SMILES string of the molecule is OCCOC1CCN(CCC2CC2)CC1. The maximum absolute atomic E-state index is 8.67. The van der Waals surface area contributed by atoms with Crippen LogP contribution in [0.3, 0.4) is 0 Å². The van der Waals surface area contributed by atoms with Crippen molar-refractivity contribution in [1.82, 2.24) is 4.90 Å². The highest BCUT2D eigenvalue weighted by atomic mass is 16.5. The minimum absolute atomic E-state index is 0.155. The Morgan fingerprint density at radius 1 is 1.13 bits per heavy atom. The first-order valence-electron chi connectivity index (χ1n) is 6.33. The Bertz CT molecular complexity index is 174. The summed E-state index contributed by atoms with van der Waals surface area (Å²) in [5, 5.41) is 8.67. The van der Waals surface area contributed by atoms with E-state index in [0.29, 0.717) is 12.7 Å². The Morgan fingerprint density at radius 2 is 1.87 bits per heavy atom. The Hall–Kier alpha value is -0.120. The molecule has 0 unspecified atom stereocenters. The summed E-state index contributed by atoms with van der Waals surface area (Å²) in [6, 6.07) is 0. The van der Waals surface area contributed by atoms with Gasteiger partial charge in [0.15, 0.2) is 0 Å². The zero-order chi connectivity index (χ0) is 10.5. The fourth-order valence-corrected chi connectivity index (χ4v) is 2.29. The molecular weight excluding hydrogens is 190 g/mol. The molecule has 0 bridgehead atoms. The van der Waals surface area contributed by atoms with Gasteiger partial charge in [-0.1, -0.05) is 12.8 Å². The van der Waals surface area contributed by atoms with Crippen molar-refractivity contribution in [3.05, 3.63) is 0 Å². The van der Waals surface area contributed by atoms with Gasteiger partial charge in [-0.25, -0.2) is 0 Å². The summed E-state index contributed by atoms with van der Waals surface area (Å²) in [6.45, 7) is 4.32. The Morgan fingerprint density at radius 3 is 2.47 bits per heavy atom. The molecule has 0 aromatic carbocycles. The lowest BCUT2D eigenvalue weighted by atomic mass is 10.1. The quantitative estimate of drug-likeness (QED) is 0.721. The fraction of sp³-hybridized carbons (Fsp3) is 1.00. The van der Waals surface area contributed by atoms with E-state index in [0.717, 1.165) is 18.8 Å². The minimum Gasteiger partial charge on any atom is -0.394 e. The highest BCUT2D eigenvalue weighted by Crippen LogP contribution is 2.32. The zero-order valence-electron chi connectivity index (χ0n) is 9.53. The first-order valence-corrected chi connectivity index (χ1v) is 6.33. The van der Waals surface area contributed by atoms with Crippen molar-refractivity contribution in [1.29, 1.82) is 0 Å². The maximum atomic E-state index is 8.67. The van der Waals surface area contributed by atoms with E-state index in [2.05, 4.69) is 4.90 Å². The topological polar surface area (TPSA) is 32.7 Å². The van der Waals surface area contributed by atoms with Crippen molar-refractivity contribution in [3.63, 3.8) is 0 Å². The lowest BCUT2D eigenvalue weighted by Gasteiger charge is -2.31. The van der Waals surface area contributed by atoms with E-state index in [9.17, 15) is 0 Å². The predicted molar refractivity (Wildman–Crippen MR) is 59.8 cm³/mol. The molecular formula is C12H23NO2. The van der Waals surface area contributed by atoms with Gasteiger partial charge in [0.1, 0.15) is 0 Å². The van der Waals surface area contributed by atoms with Crippen LogP contribution in [-0.4, -0.2) is 49.0 Å². The van der Waals surface area contributed by atoms with Crippen molar-refractivity contribution in [2.75, 3.05) is 32.8 Å². The smallest absolute Gasteiger partial charge is 0.0701 e. The van der Waals surface area contributed by atoms with Crippen LogP contribution in [0.25, 0.3) is 0 Å². The third kappa shape index (κ3) is 4.09. The van der Waals surface area contributed by atoms with Gasteiger partial charge >= 0.3 is 0 Å². The molecule has 2 aliphatic rings. The van der Waals surface area contributed by atoms with Crippen molar-refractivity contribution >= 4 is 0 Å². The predicted octanol–water partition coefficient (Wildman–Crippen LogP) is 1.26. The van der Waals surface area contributed by atoms with Crippen molar-refractivity contribution in [2.24, 2.45) is 5.92 Å². The van der Waals surface area contributed by atoms with Gasteiger partial charge in [-0.05, 0) is 31.7 Å². The Balaban J connectivity index is 1.54. The Kier molecular flexibility index (Phi) is 4.42. The van der Waals surface area contributed by atoms with Gasteiger partial charge in [-0.2, -0.15) is 0 Å². The number of nitrogens with zero attached hydrogens (tertiary/aromatic N) is 1. The molecule has 15 heavy (non-hydrogen) atoms. The van der Waals surface area contributed by atoms with Crippen LogP contribution in [0, 0.1) is 5.92 Å². The van der Waals surface area contributed by atoms with Gasteiger partial charge in [0.2, 0.25) is 0 Å². The van der Waals surface area contributed by atoms with Crippen LogP contribution in [0.2, 0.25) is 0 Å². The third-order valence-corrected chi connectivity index (χ3v) is 3.53. The highest BCUT2D eigenvalue weighted by molar-refractivity contribution is 4.77. The summed E-state index contributed by atoms with van der Waals surface area (Å²) in [4.78, 5) is 2.57. The Labute approximate surface area is 92.4 Å². The molecule has 1 saturated heterocycles. The molecule has 1 aliphatic heterocycles. The molecule has 1 N–H and O–H groups in total. The molecule has 0 atom stereocenters. The molecule has 1 saturated carbocycles. The van der Waals surface area contributed by atoms with Gasteiger partial charge in [-0.15, -0.1) is 0 Å². The molecule has 2 rings (SSSR count). The molecule has 0 aromatic heterocycles. The van der Waals surface area contributed by atoms with Gasteiger partial charge in [0.05, 0.1) is 19.3 Å². The number of piperidine rings is 1. The first-order chi connectivity index (χ1) is 7.38.